The van der Waals surface area contributed by atoms with Crippen LogP contribution in [0.25, 0.3) is 6.08 Å². The molecule has 1 atom stereocenters. The molecule has 2 aliphatic carbocycles. The van der Waals surface area contributed by atoms with Gasteiger partial charge in [0.15, 0.2) is 0 Å². The Kier molecular flexibility index (Phi) is 5.26. The standard InChI is InChI=1S/C23H23BrClNO3/c1-14(27)15-5-6-16-12-20(24)22(19(16)11-15)7-9-23(10-8-22,21(28)29)26-18-4-2-3-17(25)13-18/h2-6,11-14,26-27H,7-10H2,1H3,(H,28,29)/t14-,22?,23?/m0/s1. The summed E-state index contributed by atoms with van der Waals surface area (Å²) in [6, 6.07) is 13.2. The van der Waals surface area contributed by atoms with Crippen LogP contribution in [0.4, 0.5) is 5.69 Å². The second kappa shape index (κ2) is 7.46. The van der Waals surface area contributed by atoms with Crippen molar-refractivity contribution in [2.24, 2.45) is 0 Å². The third kappa shape index (κ3) is 3.49. The summed E-state index contributed by atoms with van der Waals surface area (Å²) in [4.78, 5) is 12.3. The van der Waals surface area contributed by atoms with Gasteiger partial charge in [-0.05, 0) is 73.6 Å². The van der Waals surface area contributed by atoms with Crippen LogP contribution in [0.2, 0.25) is 5.02 Å². The summed E-state index contributed by atoms with van der Waals surface area (Å²) in [5, 5.41) is 23.9. The lowest BCUT2D eigenvalue weighted by molar-refractivity contribution is -0.143. The minimum Gasteiger partial charge on any atom is -0.480 e. The van der Waals surface area contributed by atoms with Gasteiger partial charge >= 0.3 is 5.97 Å². The molecule has 4 nitrogen and oxygen atoms in total. The van der Waals surface area contributed by atoms with Gasteiger partial charge in [-0.1, -0.05) is 51.8 Å². The van der Waals surface area contributed by atoms with E-state index in [4.69, 9.17) is 11.6 Å². The van der Waals surface area contributed by atoms with Gasteiger partial charge in [0.25, 0.3) is 0 Å². The van der Waals surface area contributed by atoms with Gasteiger partial charge < -0.3 is 15.5 Å². The van der Waals surface area contributed by atoms with E-state index in [0.29, 0.717) is 36.4 Å². The number of carboxylic acids is 1. The molecule has 2 aromatic rings. The second-order valence-electron chi connectivity index (χ2n) is 8.12. The first-order chi connectivity index (χ1) is 13.8. The maximum atomic E-state index is 12.3. The third-order valence-electron chi connectivity index (χ3n) is 6.39. The van der Waals surface area contributed by atoms with Crippen molar-refractivity contribution < 1.29 is 15.0 Å². The van der Waals surface area contributed by atoms with Crippen LogP contribution in [0.5, 0.6) is 0 Å². The number of allylic oxidation sites excluding steroid dienone is 1. The van der Waals surface area contributed by atoms with Crippen molar-refractivity contribution in [2.45, 2.75) is 49.7 Å². The minimum absolute atomic E-state index is 0.241. The number of halogens is 2. The molecule has 1 saturated carbocycles. The minimum atomic E-state index is -1.03. The zero-order chi connectivity index (χ0) is 20.8. The van der Waals surface area contributed by atoms with E-state index >= 15 is 0 Å². The number of benzene rings is 2. The van der Waals surface area contributed by atoms with Crippen LogP contribution in [-0.2, 0) is 10.2 Å². The highest BCUT2D eigenvalue weighted by Gasteiger charge is 2.51. The van der Waals surface area contributed by atoms with Crippen LogP contribution >= 0.6 is 27.5 Å². The van der Waals surface area contributed by atoms with Crippen molar-refractivity contribution in [3.05, 3.63) is 68.7 Å². The summed E-state index contributed by atoms with van der Waals surface area (Å²) >= 11 is 9.84. The molecule has 0 aliphatic heterocycles. The number of carboxylic acid groups (broad SMARTS) is 1. The molecule has 2 aliphatic rings. The van der Waals surface area contributed by atoms with Gasteiger partial charge in [0.1, 0.15) is 5.54 Å². The van der Waals surface area contributed by atoms with Crippen LogP contribution in [0.15, 0.2) is 46.9 Å². The molecule has 0 aromatic heterocycles. The fraction of sp³-hybridized carbons (Fsp3) is 0.348. The highest BCUT2D eigenvalue weighted by atomic mass is 79.9. The number of hydrogen-bond acceptors (Lipinski definition) is 3. The molecule has 0 saturated heterocycles. The number of aliphatic hydroxyl groups excluding tert-OH is 1. The molecule has 2 aromatic carbocycles. The fourth-order valence-corrected chi connectivity index (χ4v) is 5.67. The Labute approximate surface area is 183 Å². The molecule has 1 spiro atoms. The van der Waals surface area contributed by atoms with Gasteiger partial charge in [0, 0.05) is 20.6 Å². The van der Waals surface area contributed by atoms with E-state index in [9.17, 15) is 15.0 Å². The predicted molar refractivity (Wildman–Crippen MR) is 120 cm³/mol. The van der Waals surface area contributed by atoms with Crippen LogP contribution < -0.4 is 5.32 Å². The van der Waals surface area contributed by atoms with Gasteiger partial charge in [-0.15, -0.1) is 0 Å². The first-order valence-electron chi connectivity index (χ1n) is 9.73. The lowest BCUT2D eigenvalue weighted by Gasteiger charge is -2.44. The fourth-order valence-electron chi connectivity index (χ4n) is 4.62. The van der Waals surface area contributed by atoms with Gasteiger partial charge in [0.2, 0.25) is 0 Å². The van der Waals surface area contributed by atoms with Crippen molar-refractivity contribution in [3.63, 3.8) is 0 Å². The number of fused-ring (bicyclic) bond motifs is 2. The highest BCUT2D eigenvalue weighted by Crippen LogP contribution is 2.55. The Hall–Kier alpha value is -1.82. The number of rotatable bonds is 4. The SMILES string of the molecule is C[C@H](O)c1ccc2c(c1)C1(CCC(Nc3cccc(Cl)c3)(C(=O)O)CC1)C(Br)=C2. The van der Waals surface area contributed by atoms with Gasteiger partial charge in [-0.3, -0.25) is 0 Å². The Morgan fingerprint density at radius 1 is 1.17 bits per heavy atom. The maximum absolute atomic E-state index is 12.3. The van der Waals surface area contributed by atoms with E-state index < -0.39 is 17.6 Å². The van der Waals surface area contributed by atoms with Crippen LogP contribution in [0, 0.1) is 0 Å². The number of nitrogens with one attached hydrogen (secondary N) is 1. The normalized spacial score (nSPS) is 26.7. The third-order valence-corrected chi connectivity index (χ3v) is 7.61. The van der Waals surface area contributed by atoms with Crippen LogP contribution in [0.3, 0.4) is 0 Å². The number of hydrogen-bond donors (Lipinski definition) is 3. The lowest BCUT2D eigenvalue weighted by Crippen LogP contribution is -2.52. The van der Waals surface area contributed by atoms with Crippen molar-refractivity contribution in [1.29, 1.82) is 0 Å². The second-order valence-corrected chi connectivity index (χ2v) is 9.41. The zero-order valence-electron chi connectivity index (χ0n) is 16.1. The summed E-state index contributed by atoms with van der Waals surface area (Å²) in [7, 11) is 0. The van der Waals surface area contributed by atoms with Crippen molar-refractivity contribution in [3.8, 4) is 0 Å². The van der Waals surface area contributed by atoms with E-state index in [-0.39, 0.29) is 5.41 Å². The molecule has 29 heavy (non-hydrogen) atoms. The summed E-state index contributed by atoms with van der Waals surface area (Å²) in [6.07, 6.45) is 3.94. The number of aliphatic hydroxyl groups is 1. The molecule has 4 rings (SSSR count). The van der Waals surface area contributed by atoms with Crippen molar-refractivity contribution in [2.75, 3.05) is 5.32 Å². The average molecular weight is 477 g/mol. The topological polar surface area (TPSA) is 69.6 Å². The van der Waals surface area contributed by atoms with Gasteiger partial charge in [-0.2, -0.15) is 0 Å². The Morgan fingerprint density at radius 3 is 2.52 bits per heavy atom. The Balaban J connectivity index is 1.65. The van der Waals surface area contributed by atoms with E-state index in [2.05, 4.69) is 33.4 Å². The molecule has 0 radical (unpaired) electrons. The maximum Gasteiger partial charge on any atom is 0.329 e. The molecule has 0 amide bonds. The molecule has 1 fully saturated rings. The van der Waals surface area contributed by atoms with E-state index in [1.165, 1.54) is 5.56 Å². The highest BCUT2D eigenvalue weighted by molar-refractivity contribution is 9.11. The lowest BCUT2D eigenvalue weighted by atomic mass is 9.65. The molecule has 152 valence electrons. The average Bonchev–Trinajstić information content (AvgIpc) is 2.94. The van der Waals surface area contributed by atoms with Crippen LogP contribution in [-0.4, -0.2) is 21.7 Å². The molecule has 6 heteroatoms. The Morgan fingerprint density at radius 2 is 1.90 bits per heavy atom. The summed E-state index contributed by atoms with van der Waals surface area (Å²) in [6.45, 7) is 1.76. The zero-order valence-corrected chi connectivity index (χ0v) is 18.4. The van der Waals surface area contributed by atoms with Crippen molar-refractivity contribution >= 4 is 45.3 Å². The summed E-state index contributed by atoms with van der Waals surface area (Å²) in [5.41, 5.74) is 2.62. The predicted octanol–water partition coefficient (Wildman–Crippen LogP) is 5.89. The first-order valence-corrected chi connectivity index (χ1v) is 10.9. The quantitative estimate of drug-likeness (QED) is 0.514. The smallest absolute Gasteiger partial charge is 0.329 e. The molecule has 0 bridgehead atoms. The van der Waals surface area contributed by atoms with Crippen molar-refractivity contribution in [1.82, 2.24) is 0 Å². The number of carbonyl (C=O) groups is 1. The monoisotopic (exact) mass is 475 g/mol. The van der Waals surface area contributed by atoms with Gasteiger partial charge in [0.05, 0.1) is 6.10 Å². The van der Waals surface area contributed by atoms with Gasteiger partial charge in [-0.25, -0.2) is 4.79 Å². The molecule has 3 N–H and O–H groups in total. The molecular weight excluding hydrogens is 454 g/mol. The molecule has 0 unspecified atom stereocenters. The summed E-state index contributed by atoms with van der Waals surface area (Å²) < 4.78 is 1.09. The summed E-state index contributed by atoms with van der Waals surface area (Å²) in [5.74, 6) is -0.844. The first kappa shape index (κ1) is 20.5. The molecule has 0 heterocycles. The van der Waals surface area contributed by atoms with E-state index in [1.807, 2.05) is 24.3 Å². The number of aliphatic carboxylic acids is 1. The van der Waals surface area contributed by atoms with Crippen LogP contribution in [0.1, 0.15) is 55.4 Å². The number of anilines is 1. The van der Waals surface area contributed by atoms with E-state index in [0.717, 1.165) is 15.6 Å². The van der Waals surface area contributed by atoms with E-state index in [1.54, 1.807) is 19.1 Å². The Bertz CT molecular complexity index is 993. The largest absolute Gasteiger partial charge is 0.480 e. The molecular formula is C23H23BrClNO3.